The van der Waals surface area contributed by atoms with Gasteiger partial charge in [0.15, 0.2) is 11.5 Å². The van der Waals surface area contributed by atoms with Crippen LogP contribution < -0.4 is 9.47 Å². The molecule has 0 bridgehead atoms. The molecule has 0 aromatic heterocycles. The molecule has 1 aromatic carbocycles. The Hall–Kier alpha value is -2.57. The van der Waals surface area contributed by atoms with Crippen LogP contribution in [-0.2, 0) is 19.1 Å². The molecule has 1 saturated heterocycles. The molecule has 2 amide bonds. The molecular weight excluding hydrogens is 314 g/mol. The first-order valence-corrected chi connectivity index (χ1v) is 7.73. The van der Waals surface area contributed by atoms with E-state index >= 15 is 0 Å². The second-order valence-electron chi connectivity index (χ2n) is 5.32. The lowest BCUT2D eigenvalue weighted by atomic mass is 9.98. The van der Waals surface area contributed by atoms with Crippen LogP contribution in [-0.4, -0.2) is 50.1 Å². The number of nitrogens with zero attached hydrogens (tertiary/aromatic N) is 1. The minimum absolute atomic E-state index is 0.0395. The molecule has 1 aliphatic heterocycles. The normalized spacial score (nSPS) is 15.4. The zero-order valence-corrected chi connectivity index (χ0v) is 14.0. The van der Waals surface area contributed by atoms with Gasteiger partial charge in [-0.15, -0.1) is 0 Å². The van der Waals surface area contributed by atoms with Gasteiger partial charge in [0.2, 0.25) is 11.8 Å². The topological polar surface area (TPSA) is 82.1 Å². The molecule has 7 nitrogen and oxygen atoms in total. The summed E-state index contributed by atoms with van der Waals surface area (Å²) < 4.78 is 15.6. The van der Waals surface area contributed by atoms with E-state index in [1.807, 2.05) is 6.92 Å². The van der Waals surface area contributed by atoms with Crippen molar-refractivity contribution in [2.45, 2.75) is 25.7 Å². The van der Waals surface area contributed by atoms with Crippen LogP contribution in [0.2, 0.25) is 0 Å². The first-order chi connectivity index (χ1) is 11.5. The molecule has 7 heteroatoms. The Kier molecular flexibility index (Phi) is 5.78. The first kappa shape index (κ1) is 17.8. The fourth-order valence-corrected chi connectivity index (χ4v) is 2.65. The van der Waals surface area contributed by atoms with Crippen molar-refractivity contribution in [3.05, 3.63) is 23.8 Å². The summed E-state index contributed by atoms with van der Waals surface area (Å²) in [7, 11) is 2.80. The summed E-state index contributed by atoms with van der Waals surface area (Å²) in [5.41, 5.74) is 0.596. The van der Waals surface area contributed by atoms with E-state index in [0.717, 1.165) is 4.90 Å². The van der Waals surface area contributed by atoms with Gasteiger partial charge in [-0.25, -0.2) is 0 Å². The molecule has 0 aliphatic carbocycles. The SMILES string of the molecule is CCOc1cc(C(CN2C(=O)CCC2=O)C(=O)OC)ccc1OC. The van der Waals surface area contributed by atoms with Crippen LogP contribution in [0.4, 0.5) is 0 Å². The van der Waals surface area contributed by atoms with Gasteiger partial charge in [-0.2, -0.15) is 0 Å². The molecule has 1 atom stereocenters. The molecule has 1 aromatic rings. The van der Waals surface area contributed by atoms with Crippen LogP contribution in [0.25, 0.3) is 0 Å². The van der Waals surface area contributed by atoms with Gasteiger partial charge in [0.05, 0.1) is 20.8 Å². The Morgan fingerprint density at radius 3 is 2.38 bits per heavy atom. The third-order valence-corrected chi connectivity index (χ3v) is 3.90. The van der Waals surface area contributed by atoms with Crippen molar-refractivity contribution in [3.63, 3.8) is 0 Å². The van der Waals surface area contributed by atoms with Crippen molar-refractivity contribution in [2.75, 3.05) is 27.4 Å². The fraction of sp³-hybridized carbons (Fsp3) is 0.471. The zero-order valence-electron chi connectivity index (χ0n) is 14.0. The fourth-order valence-electron chi connectivity index (χ4n) is 2.65. The molecule has 1 unspecified atom stereocenters. The number of hydrogen-bond donors (Lipinski definition) is 0. The van der Waals surface area contributed by atoms with Crippen LogP contribution >= 0.6 is 0 Å². The van der Waals surface area contributed by atoms with E-state index < -0.39 is 11.9 Å². The molecule has 1 aliphatic rings. The number of methoxy groups -OCH3 is 2. The average Bonchev–Trinajstić information content (AvgIpc) is 2.90. The van der Waals surface area contributed by atoms with Gasteiger partial charge in [0.1, 0.15) is 5.92 Å². The summed E-state index contributed by atoms with van der Waals surface area (Å²) in [6.45, 7) is 2.24. The van der Waals surface area contributed by atoms with Crippen LogP contribution in [0.1, 0.15) is 31.2 Å². The van der Waals surface area contributed by atoms with Gasteiger partial charge in [0.25, 0.3) is 0 Å². The van der Waals surface area contributed by atoms with Gasteiger partial charge in [-0.1, -0.05) is 6.07 Å². The van der Waals surface area contributed by atoms with E-state index in [1.54, 1.807) is 18.2 Å². The quantitative estimate of drug-likeness (QED) is 0.555. The highest BCUT2D eigenvalue weighted by Gasteiger charge is 2.34. The summed E-state index contributed by atoms with van der Waals surface area (Å²) in [5.74, 6) is -0.802. The van der Waals surface area contributed by atoms with Crippen molar-refractivity contribution in [1.82, 2.24) is 4.90 Å². The van der Waals surface area contributed by atoms with Gasteiger partial charge in [-0.3, -0.25) is 19.3 Å². The van der Waals surface area contributed by atoms with E-state index in [-0.39, 0.29) is 31.2 Å². The lowest BCUT2D eigenvalue weighted by Gasteiger charge is -2.22. The summed E-state index contributed by atoms with van der Waals surface area (Å²) in [5, 5.41) is 0. The highest BCUT2D eigenvalue weighted by molar-refractivity contribution is 6.02. The Balaban J connectivity index is 2.34. The lowest BCUT2D eigenvalue weighted by molar-refractivity contribution is -0.145. The molecule has 0 N–H and O–H groups in total. The van der Waals surface area contributed by atoms with Crippen molar-refractivity contribution in [3.8, 4) is 11.5 Å². The Bertz CT molecular complexity index is 626. The standard InChI is InChI=1S/C17H21NO6/c1-4-24-14-9-11(5-6-13(14)22-2)12(17(21)23-3)10-18-15(19)7-8-16(18)20/h5-6,9,12H,4,7-8,10H2,1-3H3. The molecule has 2 rings (SSSR count). The number of carbonyl (C=O) groups is 3. The summed E-state index contributed by atoms with van der Waals surface area (Å²) in [6.07, 6.45) is 0.360. The van der Waals surface area contributed by atoms with Crippen molar-refractivity contribution >= 4 is 17.8 Å². The monoisotopic (exact) mass is 335 g/mol. The van der Waals surface area contributed by atoms with Gasteiger partial charge in [-0.05, 0) is 24.6 Å². The second-order valence-corrected chi connectivity index (χ2v) is 5.32. The third kappa shape index (κ3) is 3.67. The number of carbonyl (C=O) groups excluding carboxylic acids is 3. The number of hydrogen-bond acceptors (Lipinski definition) is 6. The lowest BCUT2D eigenvalue weighted by Crippen LogP contribution is -2.36. The highest BCUT2D eigenvalue weighted by Crippen LogP contribution is 2.32. The molecule has 0 spiro atoms. The van der Waals surface area contributed by atoms with Crippen molar-refractivity contribution in [2.24, 2.45) is 0 Å². The zero-order chi connectivity index (χ0) is 17.7. The first-order valence-electron chi connectivity index (χ1n) is 7.73. The maximum atomic E-state index is 12.2. The maximum absolute atomic E-state index is 12.2. The van der Waals surface area contributed by atoms with Crippen LogP contribution in [0, 0.1) is 0 Å². The largest absolute Gasteiger partial charge is 0.493 e. The summed E-state index contributed by atoms with van der Waals surface area (Å²) in [6, 6.07) is 5.06. The maximum Gasteiger partial charge on any atom is 0.314 e. The van der Waals surface area contributed by atoms with Crippen molar-refractivity contribution < 1.29 is 28.6 Å². The van der Waals surface area contributed by atoms with E-state index in [0.29, 0.717) is 23.7 Å². The number of ether oxygens (including phenoxy) is 3. The Labute approximate surface area is 140 Å². The molecular formula is C17H21NO6. The number of rotatable bonds is 7. The number of esters is 1. The number of amides is 2. The molecule has 24 heavy (non-hydrogen) atoms. The van der Waals surface area contributed by atoms with Gasteiger partial charge < -0.3 is 14.2 Å². The number of imide groups is 1. The van der Waals surface area contributed by atoms with Crippen LogP contribution in [0.5, 0.6) is 11.5 Å². The minimum atomic E-state index is -0.772. The molecule has 1 fully saturated rings. The second kappa shape index (κ2) is 7.81. The molecule has 0 radical (unpaired) electrons. The van der Waals surface area contributed by atoms with Crippen LogP contribution in [0.3, 0.4) is 0 Å². The van der Waals surface area contributed by atoms with Crippen LogP contribution in [0.15, 0.2) is 18.2 Å². The van der Waals surface area contributed by atoms with E-state index in [4.69, 9.17) is 14.2 Å². The Morgan fingerprint density at radius 1 is 1.17 bits per heavy atom. The molecule has 0 saturated carbocycles. The molecule has 1 heterocycles. The smallest absolute Gasteiger partial charge is 0.314 e. The van der Waals surface area contributed by atoms with E-state index in [2.05, 4.69) is 0 Å². The number of likely N-dealkylation sites (tertiary alicyclic amines) is 1. The minimum Gasteiger partial charge on any atom is -0.493 e. The highest BCUT2D eigenvalue weighted by atomic mass is 16.5. The predicted octanol–water partition coefficient (Wildman–Crippen LogP) is 1.50. The number of benzene rings is 1. The van der Waals surface area contributed by atoms with Gasteiger partial charge >= 0.3 is 5.97 Å². The van der Waals surface area contributed by atoms with Crippen molar-refractivity contribution in [1.29, 1.82) is 0 Å². The summed E-state index contributed by atoms with van der Waals surface area (Å²) in [4.78, 5) is 37.0. The van der Waals surface area contributed by atoms with E-state index in [9.17, 15) is 14.4 Å². The molecule has 130 valence electrons. The predicted molar refractivity (Wildman–Crippen MR) is 84.9 cm³/mol. The third-order valence-electron chi connectivity index (χ3n) is 3.90. The average molecular weight is 335 g/mol. The summed E-state index contributed by atoms with van der Waals surface area (Å²) >= 11 is 0. The van der Waals surface area contributed by atoms with E-state index in [1.165, 1.54) is 14.2 Å². The van der Waals surface area contributed by atoms with Gasteiger partial charge in [0, 0.05) is 19.4 Å². The Morgan fingerprint density at radius 2 is 1.83 bits per heavy atom.